The highest BCUT2D eigenvalue weighted by Gasteiger charge is 2.44. The summed E-state index contributed by atoms with van der Waals surface area (Å²) < 4.78 is 0. The van der Waals surface area contributed by atoms with Crippen LogP contribution in [0.3, 0.4) is 0 Å². The topological polar surface area (TPSA) is 40.6 Å². The molecule has 31 heavy (non-hydrogen) atoms. The Kier molecular flexibility index (Phi) is 5.28. The highest BCUT2D eigenvalue weighted by Crippen LogP contribution is 2.48. The van der Waals surface area contributed by atoms with E-state index in [4.69, 9.17) is 0 Å². The van der Waals surface area contributed by atoms with Crippen LogP contribution in [-0.2, 0) is 9.59 Å². The molecule has 0 aromatic heterocycles. The number of Topliss-reactive ketones (excluding diaryl/α,β-unsaturated/α-hetero) is 1. The second kappa shape index (κ2) is 7.67. The van der Waals surface area contributed by atoms with Crippen molar-refractivity contribution in [1.29, 1.82) is 0 Å². The van der Waals surface area contributed by atoms with Gasteiger partial charge >= 0.3 is 0 Å². The van der Waals surface area contributed by atoms with Crippen molar-refractivity contribution < 1.29 is 9.59 Å². The Morgan fingerprint density at radius 2 is 1.55 bits per heavy atom. The normalized spacial score (nSPS) is 20.7. The maximum Gasteiger partial charge on any atom is 0.232 e. The highest BCUT2D eigenvalue weighted by atomic mass is 16.2. The molecule has 0 saturated carbocycles. The molecule has 2 aromatic rings. The molecular formula is C27H32N2O2. The van der Waals surface area contributed by atoms with E-state index in [9.17, 15) is 9.59 Å². The van der Waals surface area contributed by atoms with Gasteiger partial charge in [-0.25, -0.2) is 0 Å². The Morgan fingerprint density at radius 3 is 2.13 bits per heavy atom. The van der Waals surface area contributed by atoms with Crippen molar-refractivity contribution in [2.24, 2.45) is 5.41 Å². The average Bonchev–Trinajstić information content (AvgIpc) is 2.65. The molecule has 162 valence electrons. The largest absolute Gasteiger partial charge is 0.378 e. The van der Waals surface area contributed by atoms with Gasteiger partial charge in [-0.05, 0) is 66.6 Å². The van der Waals surface area contributed by atoms with Crippen LogP contribution in [0.25, 0.3) is 0 Å². The van der Waals surface area contributed by atoms with E-state index in [0.717, 1.165) is 45.8 Å². The van der Waals surface area contributed by atoms with Gasteiger partial charge in [0, 0.05) is 55.5 Å². The van der Waals surface area contributed by atoms with Crippen molar-refractivity contribution in [3.8, 4) is 0 Å². The van der Waals surface area contributed by atoms with E-state index in [1.807, 2.05) is 45.0 Å². The van der Waals surface area contributed by atoms with Crippen molar-refractivity contribution in [2.75, 3.05) is 23.9 Å². The van der Waals surface area contributed by atoms with Crippen molar-refractivity contribution in [2.45, 2.75) is 52.9 Å². The Bertz CT molecular complexity index is 1060. The zero-order chi connectivity index (χ0) is 22.5. The lowest BCUT2D eigenvalue weighted by Gasteiger charge is -2.43. The number of aryl methyl sites for hydroxylation is 2. The van der Waals surface area contributed by atoms with Gasteiger partial charge in [-0.3, -0.25) is 14.5 Å². The second-order valence-electron chi connectivity index (χ2n) is 10.1. The maximum atomic E-state index is 13.5. The van der Waals surface area contributed by atoms with Crippen molar-refractivity contribution in [3.05, 3.63) is 70.4 Å². The molecule has 0 N–H and O–H groups in total. The van der Waals surface area contributed by atoms with Crippen LogP contribution in [0.15, 0.2) is 53.7 Å². The smallest absolute Gasteiger partial charge is 0.232 e. The van der Waals surface area contributed by atoms with Crippen LogP contribution in [0.1, 0.15) is 55.7 Å². The average molecular weight is 417 g/mol. The molecule has 1 unspecified atom stereocenters. The summed E-state index contributed by atoms with van der Waals surface area (Å²) in [5.41, 5.74) is 6.82. The van der Waals surface area contributed by atoms with Gasteiger partial charge in [-0.15, -0.1) is 0 Å². The summed E-state index contributed by atoms with van der Waals surface area (Å²) in [6.07, 6.45) is 1.56. The number of hydrogen-bond donors (Lipinski definition) is 0. The summed E-state index contributed by atoms with van der Waals surface area (Å²) in [5.74, 6) is 0.0650. The molecule has 0 saturated heterocycles. The number of amides is 1. The van der Waals surface area contributed by atoms with Gasteiger partial charge in [-0.2, -0.15) is 0 Å². The van der Waals surface area contributed by atoms with E-state index in [0.29, 0.717) is 12.8 Å². The third-order valence-electron chi connectivity index (χ3n) is 6.42. The predicted molar refractivity (Wildman–Crippen MR) is 127 cm³/mol. The molecule has 0 spiro atoms. The van der Waals surface area contributed by atoms with Gasteiger partial charge in [0.25, 0.3) is 0 Å². The number of hydrogen-bond acceptors (Lipinski definition) is 3. The minimum absolute atomic E-state index is 0.0657. The zero-order valence-corrected chi connectivity index (χ0v) is 19.5. The molecule has 1 atom stereocenters. The van der Waals surface area contributed by atoms with E-state index in [2.05, 4.69) is 49.1 Å². The molecule has 4 rings (SSSR count). The zero-order valence-electron chi connectivity index (χ0n) is 19.5. The van der Waals surface area contributed by atoms with E-state index in [1.165, 1.54) is 0 Å². The monoisotopic (exact) mass is 416 g/mol. The van der Waals surface area contributed by atoms with E-state index in [1.54, 1.807) is 0 Å². The van der Waals surface area contributed by atoms with Gasteiger partial charge in [0.05, 0.1) is 0 Å². The third-order valence-corrected chi connectivity index (χ3v) is 6.42. The Hall–Kier alpha value is -2.88. The fourth-order valence-corrected chi connectivity index (χ4v) is 5.08. The molecule has 2 aromatic carbocycles. The van der Waals surface area contributed by atoms with Gasteiger partial charge < -0.3 is 4.90 Å². The van der Waals surface area contributed by atoms with Crippen LogP contribution < -0.4 is 9.80 Å². The van der Waals surface area contributed by atoms with Crippen LogP contribution in [0, 0.1) is 19.3 Å². The summed E-state index contributed by atoms with van der Waals surface area (Å²) in [5, 5.41) is 0. The molecule has 1 aliphatic heterocycles. The van der Waals surface area contributed by atoms with Crippen molar-refractivity contribution in [1.82, 2.24) is 0 Å². The maximum absolute atomic E-state index is 13.5. The van der Waals surface area contributed by atoms with Gasteiger partial charge in [-0.1, -0.05) is 32.0 Å². The van der Waals surface area contributed by atoms with Crippen LogP contribution in [0.5, 0.6) is 0 Å². The first-order valence-electron chi connectivity index (χ1n) is 11.0. The fourth-order valence-electron chi connectivity index (χ4n) is 5.08. The van der Waals surface area contributed by atoms with Crippen LogP contribution >= 0.6 is 0 Å². The van der Waals surface area contributed by atoms with Gasteiger partial charge in [0.2, 0.25) is 5.91 Å². The first-order valence-corrected chi connectivity index (χ1v) is 11.0. The van der Waals surface area contributed by atoms with Crippen molar-refractivity contribution in [3.63, 3.8) is 0 Å². The number of anilines is 2. The number of rotatable bonds is 3. The summed E-state index contributed by atoms with van der Waals surface area (Å²) in [7, 11) is 4.02. The van der Waals surface area contributed by atoms with Crippen LogP contribution in [-0.4, -0.2) is 25.8 Å². The summed E-state index contributed by atoms with van der Waals surface area (Å²) in [6.45, 7) is 8.33. The Morgan fingerprint density at radius 1 is 0.935 bits per heavy atom. The van der Waals surface area contributed by atoms with E-state index < -0.39 is 0 Å². The molecular weight excluding hydrogens is 384 g/mol. The SMILES string of the molecule is Cc1cc(C)cc(N2C(=O)CC(c3ccc(N(C)C)cc3)C3=C2CC(C)(C)CC3=O)c1. The summed E-state index contributed by atoms with van der Waals surface area (Å²) >= 11 is 0. The summed E-state index contributed by atoms with van der Waals surface area (Å²) in [6, 6.07) is 14.5. The standard InChI is InChI=1S/C27H32N2O2/c1-17-11-18(2)13-21(12-17)29-23-15-27(3,4)16-24(30)26(23)22(14-25(29)31)19-7-9-20(10-8-19)28(5)6/h7-13,22H,14-16H2,1-6H3. The molecule has 1 aliphatic carbocycles. The molecule has 1 heterocycles. The van der Waals surface area contributed by atoms with Crippen molar-refractivity contribution >= 4 is 23.1 Å². The van der Waals surface area contributed by atoms with E-state index in [-0.39, 0.29) is 23.0 Å². The van der Waals surface area contributed by atoms with Gasteiger partial charge in [0.15, 0.2) is 5.78 Å². The molecule has 1 amide bonds. The lowest BCUT2D eigenvalue weighted by molar-refractivity contribution is -0.121. The number of benzene rings is 2. The number of allylic oxidation sites excluding steroid dienone is 2. The summed E-state index contributed by atoms with van der Waals surface area (Å²) in [4.78, 5) is 30.8. The minimum Gasteiger partial charge on any atom is -0.378 e. The second-order valence-corrected chi connectivity index (χ2v) is 10.1. The lowest BCUT2D eigenvalue weighted by Crippen LogP contribution is -2.43. The Labute approximate surface area is 185 Å². The molecule has 4 nitrogen and oxygen atoms in total. The lowest BCUT2D eigenvalue weighted by atomic mass is 9.69. The third kappa shape index (κ3) is 4.04. The molecule has 0 radical (unpaired) electrons. The van der Waals surface area contributed by atoms with E-state index >= 15 is 0 Å². The van der Waals surface area contributed by atoms with Gasteiger partial charge in [0.1, 0.15) is 0 Å². The quantitative estimate of drug-likeness (QED) is 0.660. The number of carbonyl (C=O) groups is 2. The number of nitrogens with zero attached hydrogens (tertiary/aromatic N) is 2. The van der Waals surface area contributed by atoms with Crippen LogP contribution in [0.4, 0.5) is 11.4 Å². The predicted octanol–water partition coefficient (Wildman–Crippen LogP) is 5.53. The molecule has 4 heteroatoms. The Balaban J connectivity index is 1.87. The fraction of sp³-hybridized carbons (Fsp3) is 0.407. The molecule has 0 fully saturated rings. The number of ketones is 1. The number of carbonyl (C=O) groups excluding carboxylic acids is 2. The molecule has 2 aliphatic rings. The van der Waals surface area contributed by atoms with Crippen LogP contribution in [0.2, 0.25) is 0 Å². The highest BCUT2D eigenvalue weighted by molar-refractivity contribution is 6.07. The first-order chi connectivity index (χ1) is 14.6. The minimum atomic E-state index is -0.176. The molecule has 0 bridgehead atoms. The first kappa shape index (κ1) is 21.4.